The lowest BCUT2D eigenvalue weighted by atomic mass is 10.1. The molecule has 0 N–H and O–H groups in total. The molecule has 0 fully saturated rings. The van der Waals surface area contributed by atoms with E-state index >= 15 is 0 Å². The quantitative estimate of drug-likeness (QED) is 0.192. The van der Waals surface area contributed by atoms with Gasteiger partial charge in [-0.15, -0.1) is 11.3 Å². The van der Waals surface area contributed by atoms with Crippen LogP contribution in [0.3, 0.4) is 0 Å². The van der Waals surface area contributed by atoms with Crippen molar-refractivity contribution in [1.82, 2.24) is 0 Å². The Bertz CT molecular complexity index is 1530. The number of fused-ring (bicyclic) bond motifs is 3. The minimum Gasteiger partial charge on any atom is -0.135 e. The van der Waals surface area contributed by atoms with E-state index < -0.39 is 8.07 Å². The zero-order chi connectivity index (χ0) is 22.3. The summed E-state index contributed by atoms with van der Waals surface area (Å²) in [5.74, 6) is 0. The molecule has 0 aliphatic carbocycles. The number of halogens is 1. The van der Waals surface area contributed by atoms with E-state index in [9.17, 15) is 0 Å². The van der Waals surface area contributed by atoms with Gasteiger partial charge in [0, 0.05) is 24.6 Å². The van der Waals surface area contributed by atoms with E-state index in [4.69, 9.17) is 0 Å². The summed E-state index contributed by atoms with van der Waals surface area (Å²) in [6, 6.07) is 46.9. The van der Waals surface area contributed by atoms with Crippen LogP contribution < -0.4 is 20.7 Å². The Balaban J connectivity index is 1.83. The molecule has 0 aliphatic heterocycles. The van der Waals surface area contributed by atoms with Gasteiger partial charge in [0.1, 0.15) is 0 Å². The Kier molecular flexibility index (Phi) is 5.26. The Morgan fingerprint density at radius 2 is 1.09 bits per heavy atom. The highest BCUT2D eigenvalue weighted by Crippen LogP contribution is 2.33. The molecule has 6 aromatic rings. The van der Waals surface area contributed by atoms with Crippen molar-refractivity contribution in [3.8, 4) is 0 Å². The number of thiophene rings is 1. The van der Waals surface area contributed by atoms with Crippen molar-refractivity contribution in [2.75, 3.05) is 0 Å². The highest BCUT2D eigenvalue weighted by Gasteiger charge is 2.42. The van der Waals surface area contributed by atoms with E-state index in [0.717, 1.165) is 4.47 Å². The zero-order valence-electron chi connectivity index (χ0n) is 17.9. The first-order valence-electron chi connectivity index (χ1n) is 11.1. The standard InChI is InChI=1S/C30H21BrSSi/c31-22-11-9-16-25(21-22)33(23-12-3-1-4-13-23,24-14-5-2-6-15-24)29-20-10-18-27-26-17-7-8-19-28(26)32-30(27)29/h1-21H. The van der Waals surface area contributed by atoms with Gasteiger partial charge in [0.15, 0.2) is 8.07 Å². The van der Waals surface area contributed by atoms with Crippen LogP contribution >= 0.6 is 27.3 Å². The molecule has 6 rings (SSSR count). The smallest absolute Gasteiger partial charge is 0.135 e. The Labute approximate surface area is 207 Å². The van der Waals surface area contributed by atoms with Gasteiger partial charge < -0.3 is 0 Å². The molecule has 33 heavy (non-hydrogen) atoms. The number of benzene rings is 5. The first-order chi connectivity index (χ1) is 16.3. The normalized spacial score (nSPS) is 11.8. The van der Waals surface area contributed by atoms with Crippen molar-refractivity contribution < 1.29 is 0 Å². The van der Waals surface area contributed by atoms with Crippen molar-refractivity contribution in [3.05, 3.63) is 132 Å². The molecule has 0 nitrogen and oxygen atoms in total. The average Bonchev–Trinajstić information content (AvgIpc) is 3.26. The summed E-state index contributed by atoms with van der Waals surface area (Å²) in [5, 5.41) is 8.35. The molecule has 0 atom stereocenters. The zero-order valence-corrected chi connectivity index (χ0v) is 21.3. The van der Waals surface area contributed by atoms with Gasteiger partial charge in [0.25, 0.3) is 0 Å². The fourth-order valence-corrected chi connectivity index (χ4v) is 12.3. The molecule has 5 aromatic carbocycles. The van der Waals surface area contributed by atoms with Crippen LogP contribution in [-0.4, -0.2) is 8.07 Å². The molecule has 0 bridgehead atoms. The Morgan fingerprint density at radius 3 is 1.79 bits per heavy atom. The maximum Gasteiger partial charge on any atom is 0.181 e. The number of hydrogen-bond donors (Lipinski definition) is 0. The molecule has 0 radical (unpaired) electrons. The highest BCUT2D eigenvalue weighted by atomic mass is 79.9. The second-order valence-electron chi connectivity index (χ2n) is 8.27. The van der Waals surface area contributed by atoms with Crippen molar-refractivity contribution in [3.63, 3.8) is 0 Å². The van der Waals surface area contributed by atoms with Crippen LogP contribution in [0.1, 0.15) is 0 Å². The molecule has 3 heteroatoms. The van der Waals surface area contributed by atoms with Gasteiger partial charge in [-0.05, 0) is 38.9 Å². The van der Waals surface area contributed by atoms with Gasteiger partial charge in [-0.25, -0.2) is 0 Å². The lowest BCUT2D eigenvalue weighted by Gasteiger charge is -2.35. The lowest BCUT2D eigenvalue weighted by molar-refractivity contribution is 1.65. The second kappa shape index (κ2) is 8.42. The number of rotatable bonds is 4. The van der Waals surface area contributed by atoms with Gasteiger partial charge in [-0.3, -0.25) is 0 Å². The lowest BCUT2D eigenvalue weighted by Crippen LogP contribution is -2.74. The largest absolute Gasteiger partial charge is 0.181 e. The highest BCUT2D eigenvalue weighted by molar-refractivity contribution is 9.10. The van der Waals surface area contributed by atoms with Gasteiger partial charge in [0.2, 0.25) is 0 Å². The van der Waals surface area contributed by atoms with Crippen molar-refractivity contribution in [1.29, 1.82) is 0 Å². The summed E-state index contributed by atoms with van der Waals surface area (Å²) in [6.07, 6.45) is 0. The first kappa shape index (κ1) is 20.6. The summed E-state index contributed by atoms with van der Waals surface area (Å²) < 4.78 is 3.86. The minimum absolute atomic E-state index is 1.12. The fourth-order valence-electron chi connectivity index (χ4n) is 5.11. The van der Waals surface area contributed by atoms with Crippen LogP contribution in [0.5, 0.6) is 0 Å². The molecular formula is C30H21BrSSi. The number of hydrogen-bond acceptors (Lipinski definition) is 1. The maximum atomic E-state index is 3.77. The molecule has 0 amide bonds. The SMILES string of the molecule is Brc1cccc([Si](c2ccccc2)(c2ccccc2)c2cccc3c2sc2ccccc23)c1. The molecule has 158 valence electrons. The maximum absolute atomic E-state index is 3.77. The van der Waals surface area contributed by atoms with E-state index in [2.05, 4.69) is 143 Å². The first-order valence-corrected chi connectivity index (χ1v) is 14.7. The van der Waals surface area contributed by atoms with Crippen LogP contribution in [0.25, 0.3) is 20.2 Å². The fraction of sp³-hybridized carbons (Fsp3) is 0. The van der Waals surface area contributed by atoms with Crippen LogP contribution in [0.15, 0.2) is 132 Å². The third-order valence-corrected chi connectivity index (χ3v) is 13.2. The van der Waals surface area contributed by atoms with Crippen molar-refractivity contribution in [2.24, 2.45) is 0 Å². The van der Waals surface area contributed by atoms with Crippen molar-refractivity contribution in [2.45, 2.75) is 0 Å². The van der Waals surface area contributed by atoms with Gasteiger partial charge >= 0.3 is 0 Å². The van der Waals surface area contributed by atoms with E-state index in [0.29, 0.717) is 0 Å². The minimum atomic E-state index is -2.58. The summed E-state index contributed by atoms with van der Waals surface area (Å²) >= 11 is 5.70. The summed E-state index contributed by atoms with van der Waals surface area (Å²) in [6.45, 7) is 0. The molecule has 1 aromatic heterocycles. The molecule has 0 spiro atoms. The van der Waals surface area contributed by atoms with Gasteiger partial charge in [0.05, 0.1) is 0 Å². The van der Waals surface area contributed by atoms with Crippen molar-refractivity contribution >= 4 is 76.3 Å². The molecule has 1 heterocycles. The molecule has 0 unspecified atom stereocenters. The van der Waals surface area contributed by atoms with Crippen LogP contribution in [0.2, 0.25) is 0 Å². The topological polar surface area (TPSA) is 0 Å². The predicted molar refractivity (Wildman–Crippen MR) is 151 cm³/mol. The molecular weight excluding hydrogens is 500 g/mol. The van der Waals surface area contributed by atoms with E-state index in [1.54, 1.807) is 0 Å². The van der Waals surface area contributed by atoms with Crippen LogP contribution in [-0.2, 0) is 0 Å². The average molecular weight is 522 g/mol. The second-order valence-corrected chi connectivity index (χ2v) is 14.0. The summed E-state index contributed by atoms with van der Waals surface area (Å²) in [7, 11) is -2.58. The molecule has 0 aliphatic rings. The van der Waals surface area contributed by atoms with Gasteiger partial charge in [-0.1, -0.05) is 125 Å². The third-order valence-electron chi connectivity index (χ3n) is 6.48. The van der Waals surface area contributed by atoms with E-state index in [1.807, 2.05) is 11.3 Å². The summed E-state index contributed by atoms with van der Waals surface area (Å²) in [4.78, 5) is 0. The van der Waals surface area contributed by atoms with E-state index in [1.165, 1.54) is 40.9 Å². The monoisotopic (exact) mass is 520 g/mol. The van der Waals surface area contributed by atoms with E-state index in [-0.39, 0.29) is 0 Å². The molecule has 0 saturated carbocycles. The predicted octanol–water partition coefficient (Wildman–Crippen LogP) is 6.19. The van der Waals surface area contributed by atoms with Crippen LogP contribution in [0.4, 0.5) is 0 Å². The summed E-state index contributed by atoms with van der Waals surface area (Å²) in [5.41, 5.74) is 0. The third kappa shape index (κ3) is 3.31. The van der Waals surface area contributed by atoms with Crippen LogP contribution in [0, 0.1) is 0 Å². The van der Waals surface area contributed by atoms with Gasteiger partial charge in [-0.2, -0.15) is 0 Å². The Morgan fingerprint density at radius 1 is 0.515 bits per heavy atom. The Hall–Kier alpha value is -2.98. The molecule has 0 saturated heterocycles.